The maximum Gasteiger partial charge on any atom is 0.267 e. The lowest BCUT2D eigenvalue weighted by atomic mass is 10.2. The third-order valence-electron chi connectivity index (χ3n) is 4.15. The smallest absolute Gasteiger partial charge is 0.267 e. The van der Waals surface area contributed by atoms with Crippen molar-refractivity contribution in [3.63, 3.8) is 0 Å². The average Bonchev–Trinajstić information content (AvgIpc) is 3.19. The number of hydrogen-bond donors (Lipinski definition) is 3. The van der Waals surface area contributed by atoms with E-state index in [0.717, 1.165) is 16.7 Å². The van der Waals surface area contributed by atoms with Crippen molar-refractivity contribution in [2.75, 3.05) is 0 Å². The molecule has 7 nitrogen and oxygen atoms in total. The molecule has 1 aromatic carbocycles. The van der Waals surface area contributed by atoms with E-state index in [9.17, 15) is 8.42 Å². The molecule has 3 N–H and O–H groups in total. The first-order valence-corrected chi connectivity index (χ1v) is 10.2. The minimum atomic E-state index is -3.63. The Morgan fingerprint density at radius 2 is 1.82 bits per heavy atom. The maximum absolute atomic E-state index is 12.8. The molecule has 146 valence electrons. The van der Waals surface area contributed by atoms with Gasteiger partial charge in [-0.15, -0.1) is 0 Å². The minimum absolute atomic E-state index is 0.234. The molecule has 0 bridgehead atoms. The molecule has 3 aromatic rings. The number of nitrogens with one attached hydrogen (secondary N) is 2. The molecule has 0 saturated carbocycles. The number of rotatable bonds is 9. The summed E-state index contributed by atoms with van der Waals surface area (Å²) in [5.41, 5.74) is 4.83. The minimum Gasteiger partial charge on any atom is -0.309 e. The van der Waals surface area contributed by atoms with E-state index in [2.05, 4.69) is 10.3 Å². The highest BCUT2D eigenvalue weighted by Crippen LogP contribution is 2.16. The zero-order chi connectivity index (χ0) is 19.8. The van der Waals surface area contributed by atoms with Gasteiger partial charge in [-0.3, -0.25) is 15.7 Å². The van der Waals surface area contributed by atoms with Crippen molar-refractivity contribution in [1.82, 2.24) is 19.8 Å². The summed E-state index contributed by atoms with van der Waals surface area (Å²) in [6.45, 7) is 1.33. The lowest BCUT2D eigenvalue weighted by molar-refractivity contribution is 0.214. The van der Waals surface area contributed by atoms with Crippen molar-refractivity contribution < 1.29 is 13.6 Å². The summed E-state index contributed by atoms with van der Waals surface area (Å²) in [6.07, 6.45) is 10.2. The zero-order valence-electron chi connectivity index (χ0n) is 15.2. The fourth-order valence-electron chi connectivity index (χ4n) is 2.69. The SMILES string of the molecule is O=S(=O)(c1ccc(CNCc2cccnc2)cc1)n1ccc(C/C=C/NO)c1. The van der Waals surface area contributed by atoms with Gasteiger partial charge in [0.2, 0.25) is 0 Å². The highest BCUT2D eigenvalue weighted by molar-refractivity contribution is 7.90. The number of hydroxylamine groups is 1. The van der Waals surface area contributed by atoms with Crippen molar-refractivity contribution in [3.05, 3.63) is 96.2 Å². The topological polar surface area (TPSA) is 96.2 Å². The Morgan fingerprint density at radius 1 is 1.04 bits per heavy atom. The molecule has 0 atom stereocenters. The Labute approximate surface area is 164 Å². The van der Waals surface area contributed by atoms with Crippen molar-refractivity contribution in [2.24, 2.45) is 0 Å². The number of allylic oxidation sites excluding steroid dienone is 1. The van der Waals surface area contributed by atoms with Crippen LogP contribution >= 0.6 is 0 Å². The van der Waals surface area contributed by atoms with E-state index >= 15 is 0 Å². The zero-order valence-corrected chi connectivity index (χ0v) is 16.0. The van der Waals surface area contributed by atoms with Crippen LogP contribution < -0.4 is 10.8 Å². The maximum atomic E-state index is 12.8. The number of nitrogens with zero attached hydrogens (tertiary/aromatic N) is 2. The molecule has 2 aromatic heterocycles. The van der Waals surface area contributed by atoms with E-state index in [-0.39, 0.29) is 4.90 Å². The third kappa shape index (κ3) is 5.07. The molecule has 28 heavy (non-hydrogen) atoms. The van der Waals surface area contributed by atoms with E-state index in [0.29, 0.717) is 19.5 Å². The molecule has 3 rings (SSSR count). The molecular weight excluding hydrogens is 376 g/mol. The summed E-state index contributed by atoms with van der Waals surface area (Å²) < 4.78 is 26.7. The summed E-state index contributed by atoms with van der Waals surface area (Å²) >= 11 is 0. The monoisotopic (exact) mass is 398 g/mol. The molecule has 0 aliphatic rings. The quantitative estimate of drug-likeness (QED) is 0.479. The first-order valence-electron chi connectivity index (χ1n) is 8.75. The third-order valence-corrected chi connectivity index (χ3v) is 5.80. The van der Waals surface area contributed by atoms with Crippen LogP contribution in [0.1, 0.15) is 16.7 Å². The number of benzene rings is 1. The van der Waals surface area contributed by atoms with Gasteiger partial charge in [0.15, 0.2) is 0 Å². The van der Waals surface area contributed by atoms with Gasteiger partial charge in [-0.2, -0.15) is 0 Å². The lowest BCUT2D eigenvalue weighted by Gasteiger charge is -2.08. The fraction of sp³-hybridized carbons (Fsp3) is 0.150. The van der Waals surface area contributed by atoms with Crippen molar-refractivity contribution in [3.8, 4) is 0 Å². The Balaban J connectivity index is 1.62. The molecule has 8 heteroatoms. The predicted octanol–water partition coefficient (Wildman–Crippen LogP) is 2.44. The molecule has 0 aliphatic carbocycles. The van der Waals surface area contributed by atoms with E-state index in [1.54, 1.807) is 36.7 Å². The second kappa shape index (κ2) is 9.32. The molecule has 0 fully saturated rings. The molecule has 0 unspecified atom stereocenters. The van der Waals surface area contributed by atoms with Crippen LogP contribution in [0.15, 0.2) is 84.4 Å². The Kier molecular flexibility index (Phi) is 6.59. The van der Waals surface area contributed by atoms with Crippen LogP contribution in [0.2, 0.25) is 0 Å². The van der Waals surface area contributed by atoms with Crippen molar-refractivity contribution >= 4 is 10.0 Å². The summed E-state index contributed by atoms with van der Waals surface area (Å²) in [4.78, 5) is 4.31. The van der Waals surface area contributed by atoms with Crippen LogP contribution in [0, 0.1) is 0 Å². The molecule has 2 heterocycles. The van der Waals surface area contributed by atoms with Gasteiger partial charge >= 0.3 is 0 Å². The van der Waals surface area contributed by atoms with Crippen LogP contribution in [0.5, 0.6) is 0 Å². The highest BCUT2D eigenvalue weighted by atomic mass is 32.2. The van der Waals surface area contributed by atoms with E-state index < -0.39 is 10.0 Å². The summed E-state index contributed by atoms with van der Waals surface area (Å²) in [5.74, 6) is 0. The second-order valence-electron chi connectivity index (χ2n) is 6.20. The van der Waals surface area contributed by atoms with Crippen LogP contribution in [0.3, 0.4) is 0 Å². The van der Waals surface area contributed by atoms with Crippen LogP contribution in [0.4, 0.5) is 0 Å². The summed E-state index contributed by atoms with van der Waals surface area (Å²) in [7, 11) is -3.63. The van der Waals surface area contributed by atoms with Crippen molar-refractivity contribution in [1.29, 1.82) is 0 Å². The normalized spacial score (nSPS) is 11.8. The van der Waals surface area contributed by atoms with Gasteiger partial charge in [-0.05, 0) is 47.4 Å². The number of pyridine rings is 1. The second-order valence-corrected chi connectivity index (χ2v) is 8.04. The first kappa shape index (κ1) is 19.8. The van der Waals surface area contributed by atoms with Gasteiger partial charge in [0.25, 0.3) is 10.0 Å². The first-order chi connectivity index (χ1) is 13.6. The van der Waals surface area contributed by atoms with Crippen LogP contribution in [-0.2, 0) is 29.5 Å². The van der Waals surface area contributed by atoms with Gasteiger partial charge in [-0.1, -0.05) is 24.3 Å². The van der Waals surface area contributed by atoms with Gasteiger partial charge in [-0.25, -0.2) is 12.4 Å². The van der Waals surface area contributed by atoms with Gasteiger partial charge in [0.1, 0.15) is 0 Å². The van der Waals surface area contributed by atoms with Gasteiger partial charge in [0.05, 0.1) is 4.90 Å². The van der Waals surface area contributed by atoms with E-state index in [1.807, 2.05) is 35.9 Å². The highest BCUT2D eigenvalue weighted by Gasteiger charge is 2.16. The molecule has 0 aliphatic heterocycles. The Bertz CT molecular complexity index is 1010. The molecular formula is C20H22N4O3S. The number of aromatic nitrogens is 2. The van der Waals surface area contributed by atoms with Gasteiger partial charge < -0.3 is 5.32 Å². The molecule has 0 radical (unpaired) electrons. The lowest BCUT2D eigenvalue weighted by Crippen LogP contribution is -2.14. The summed E-state index contributed by atoms with van der Waals surface area (Å²) in [5, 5.41) is 11.8. The number of hydrogen-bond acceptors (Lipinski definition) is 6. The van der Waals surface area contributed by atoms with Crippen molar-refractivity contribution in [2.45, 2.75) is 24.4 Å². The summed E-state index contributed by atoms with van der Waals surface area (Å²) in [6, 6.07) is 12.5. The molecule has 0 spiro atoms. The Hall–Kier alpha value is -2.94. The van der Waals surface area contributed by atoms with Crippen LogP contribution in [-0.4, -0.2) is 22.6 Å². The Morgan fingerprint density at radius 3 is 2.54 bits per heavy atom. The fourth-order valence-corrected chi connectivity index (χ4v) is 3.91. The standard InChI is InChI=1S/C20H22N4O3S/c25-23-11-2-3-18-9-12-24(16-18)28(26,27)20-7-5-17(6-8-20)13-22-15-19-4-1-10-21-14-19/h1-2,4-12,14,16,22-23,25H,3,13,15H2/b11-2+. The predicted molar refractivity (Wildman–Crippen MR) is 106 cm³/mol. The van der Waals surface area contributed by atoms with E-state index in [4.69, 9.17) is 5.21 Å². The molecule has 0 saturated heterocycles. The van der Waals surface area contributed by atoms with Gasteiger partial charge in [0, 0.05) is 44.1 Å². The molecule has 0 amide bonds. The van der Waals surface area contributed by atoms with E-state index in [1.165, 1.54) is 16.4 Å². The van der Waals surface area contributed by atoms with Crippen LogP contribution in [0.25, 0.3) is 0 Å². The largest absolute Gasteiger partial charge is 0.309 e. The average molecular weight is 398 g/mol.